The van der Waals surface area contributed by atoms with Gasteiger partial charge in [-0.2, -0.15) is 15.0 Å². The van der Waals surface area contributed by atoms with E-state index in [1.54, 1.807) is 17.2 Å². The number of benzene rings is 1. The molecule has 1 heterocycles. The van der Waals surface area contributed by atoms with Crippen molar-refractivity contribution in [3.63, 3.8) is 0 Å². The maximum atomic E-state index is 12.8. The number of carbonyl (C=O) groups excluding carboxylic acids is 1. The van der Waals surface area contributed by atoms with Crippen LogP contribution in [0.3, 0.4) is 0 Å². The Balaban J connectivity index is 1.51. The van der Waals surface area contributed by atoms with E-state index in [1.807, 2.05) is 30.3 Å². The maximum Gasteiger partial charge on any atom is 0.224 e. The lowest BCUT2D eigenvalue weighted by Crippen LogP contribution is -2.37. The zero-order chi connectivity index (χ0) is 15.6. The molecule has 2 aromatic rings. The van der Waals surface area contributed by atoms with Crippen molar-refractivity contribution in [1.29, 1.82) is 0 Å². The van der Waals surface area contributed by atoms with Crippen molar-refractivity contribution >= 4 is 5.91 Å². The lowest BCUT2D eigenvalue weighted by molar-refractivity contribution is -0.126. The predicted octanol–water partition coefficient (Wildman–Crippen LogP) is 2.35. The number of hydrogen-bond acceptors (Lipinski definition) is 3. The van der Waals surface area contributed by atoms with Crippen molar-refractivity contribution in [3.05, 3.63) is 60.4 Å². The number of nitrogens with one attached hydrogen (secondary N) is 1. The van der Waals surface area contributed by atoms with Crippen LogP contribution in [0.2, 0.25) is 0 Å². The first-order valence-electron chi connectivity index (χ1n) is 8.17. The van der Waals surface area contributed by atoms with Crippen LogP contribution in [0.15, 0.2) is 54.9 Å². The van der Waals surface area contributed by atoms with E-state index >= 15 is 0 Å². The minimum atomic E-state index is -0.112. The van der Waals surface area contributed by atoms with Gasteiger partial charge in [-0.3, -0.25) is 4.79 Å². The fourth-order valence-corrected chi connectivity index (χ4v) is 3.78. The highest BCUT2D eigenvalue weighted by atomic mass is 16.2. The number of allylic oxidation sites excluding steroid dienone is 2. The molecule has 23 heavy (non-hydrogen) atoms. The predicted molar refractivity (Wildman–Crippen MR) is 86.2 cm³/mol. The SMILES string of the molecule is O=C(NC(Cn1nccn1)c1ccccc1)C1CC2C=CC1C2. The molecule has 2 aliphatic carbocycles. The van der Waals surface area contributed by atoms with Crippen molar-refractivity contribution in [1.82, 2.24) is 20.3 Å². The molecule has 2 bridgehead atoms. The molecule has 0 aliphatic heterocycles. The van der Waals surface area contributed by atoms with E-state index in [1.165, 1.54) is 0 Å². The molecular weight excluding hydrogens is 288 g/mol. The molecule has 0 radical (unpaired) electrons. The summed E-state index contributed by atoms with van der Waals surface area (Å²) in [6.07, 6.45) is 9.90. The van der Waals surface area contributed by atoms with Crippen LogP contribution in [0.4, 0.5) is 0 Å². The third-order valence-electron chi connectivity index (χ3n) is 4.95. The van der Waals surface area contributed by atoms with E-state index in [2.05, 4.69) is 27.7 Å². The summed E-state index contributed by atoms with van der Waals surface area (Å²) in [7, 11) is 0. The van der Waals surface area contributed by atoms with E-state index < -0.39 is 0 Å². The zero-order valence-corrected chi connectivity index (χ0v) is 12.9. The Hall–Kier alpha value is -2.43. The van der Waals surface area contributed by atoms with Crippen LogP contribution in [0.5, 0.6) is 0 Å². The van der Waals surface area contributed by atoms with Gasteiger partial charge in [0.25, 0.3) is 0 Å². The molecule has 5 heteroatoms. The summed E-state index contributed by atoms with van der Waals surface area (Å²) in [5.74, 6) is 1.28. The van der Waals surface area contributed by atoms with Gasteiger partial charge in [-0.15, -0.1) is 0 Å². The number of rotatable bonds is 5. The van der Waals surface area contributed by atoms with Crippen molar-refractivity contribution < 1.29 is 4.79 Å². The van der Waals surface area contributed by atoms with Gasteiger partial charge in [-0.05, 0) is 30.2 Å². The average Bonchev–Trinajstić information content (AvgIpc) is 3.33. The Morgan fingerprint density at radius 1 is 1.17 bits per heavy atom. The third-order valence-corrected chi connectivity index (χ3v) is 4.95. The molecule has 5 nitrogen and oxygen atoms in total. The summed E-state index contributed by atoms with van der Waals surface area (Å²) in [4.78, 5) is 14.4. The molecule has 4 unspecified atom stereocenters. The maximum absolute atomic E-state index is 12.8. The van der Waals surface area contributed by atoms with Gasteiger partial charge in [-0.1, -0.05) is 42.5 Å². The molecule has 1 N–H and O–H groups in total. The van der Waals surface area contributed by atoms with Crippen molar-refractivity contribution in [2.75, 3.05) is 0 Å². The van der Waals surface area contributed by atoms with Crippen LogP contribution < -0.4 is 5.32 Å². The summed E-state index contributed by atoms with van der Waals surface area (Å²) < 4.78 is 0. The lowest BCUT2D eigenvalue weighted by Gasteiger charge is -2.23. The molecule has 0 saturated heterocycles. The van der Waals surface area contributed by atoms with Gasteiger partial charge in [0.2, 0.25) is 5.91 Å². The van der Waals surface area contributed by atoms with Crippen LogP contribution in [-0.4, -0.2) is 20.9 Å². The first-order valence-corrected chi connectivity index (χ1v) is 8.17. The molecular formula is C18H20N4O. The quantitative estimate of drug-likeness (QED) is 0.863. The second kappa shape index (κ2) is 5.99. The fraction of sp³-hybridized carbons (Fsp3) is 0.389. The third kappa shape index (κ3) is 2.91. The highest BCUT2D eigenvalue weighted by Gasteiger charge is 2.40. The minimum Gasteiger partial charge on any atom is -0.347 e. The number of aromatic nitrogens is 3. The summed E-state index contributed by atoms with van der Waals surface area (Å²) in [6, 6.07) is 9.93. The zero-order valence-electron chi connectivity index (χ0n) is 12.9. The lowest BCUT2D eigenvalue weighted by atomic mass is 9.92. The molecule has 1 aromatic carbocycles. The van der Waals surface area contributed by atoms with Crippen molar-refractivity contribution in [2.45, 2.75) is 25.4 Å². The topological polar surface area (TPSA) is 59.8 Å². The number of nitrogens with zero attached hydrogens (tertiary/aromatic N) is 3. The van der Waals surface area contributed by atoms with Crippen molar-refractivity contribution in [3.8, 4) is 0 Å². The summed E-state index contributed by atoms with van der Waals surface area (Å²) in [6.45, 7) is 0.541. The van der Waals surface area contributed by atoms with Crippen LogP contribution in [0, 0.1) is 17.8 Å². The fourth-order valence-electron chi connectivity index (χ4n) is 3.78. The van der Waals surface area contributed by atoms with Crippen LogP contribution in [0.1, 0.15) is 24.4 Å². The van der Waals surface area contributed by atoms with E-state index in [-0.39, 0.29) is 17.9 Å². The first-order chi connectivity index (χ1) is 11.3. The average molecular weight is 308 g/mol. The molecule has 1 saturated carbocycles. The Labute approximate surface area is 135 Å². The molecule has 118 valence electrons. The molecule has 1 fully saturated rings. The monoisotopic (exact) mass is 308 g/mol. The highest BCUT2D eigenvalue weighted by Crippen LogP contribution is 2.43. The van der Waals surface area contributed by atoms with Gasteiger partial charge in [0.05, 0.1) is 25.0 Å². The minimum absolute atomic E-state index is 0.112. The van der Waals surface area contributed by atoms with Gasteiger partial charge in [0.1, 0.15) is 0 Å². The first kappa shape index (κ1) is 14.2. The largest absolute Gasteiger partial charge is 0.347 e. The van der Waals surface area contributed by atoms with E-state index in [9.17, 15) is 4.79 Å². The molecule has 0 spiro atoms. The van der Waals surface area contributed by atoms with Gasteiger partial charge in [-0.25, -0.2) is 0 Å². The van der Waals surface area contributed by atoms with Gasteiger partial charge >= 0.3 is 0 Å². The Morgan fingerprint density at radius 3 is 2.61 bits per heavy atom. The summed E-state index contributed by atoms with van der Waals surface area (Å²) in [5, 5.41) is 11.6. The Bertz CT molecular complexity index is 695. The van der Waals surface area contributed by atoms with E-state index in [0.717, 1.165) is 18.4 Å². The van der Waals surface area contributed by atoms with Gasteiger partial charge in [0.15, 0.2) is 0 Å². The van der Waals surface area contributed by atoms with Gasteiger partial charge < -0.3 is 5.32 Å². The molecule has 1 aromatic heterocycles. The number of fused-ring (bicyclic) bond motifs is 2. The number of amides is 1. The molecule has 4 atom stereocenters. The summed E-state index contributed by atoms with van der Waals surface area (Å²) >= 11 is 0. The standard InChI is InChI=1S/C18H20N4O/c23-18(16-11-13-6-7-15(16)10-13)21-17(12-22-19-8-9-20-22)14-4-2-1-3-5-14/h1-9,13,15-17H,10-12H2,(H,21,23). The van der Waals surface area contributed by atoms with E-state index in [0.29, 0.717) is 18.4 Å². The number of carbonyl (C=O) groups is 1. The normalized spacial score (nSPS) is 26.3. The Morgan fingerprint density at radius 2 is 1.96 bits per heavy atom. The molecule has 2 aliphatic rings. The second-order valence-corrected chi connectivity index (χ2v) is 6.44. The van der Waals surface area contributed by atoms with E-state index in [4.69, 9.17) is 0 Å². The number of hydrogen-bond donors (Lipinski definition) is 1. The van der Waals surface area contributed by atoms with Crippen LogP contribution in [-0.2, 0) is 11.3 Å². The molecule has 1 amide bonds. The second-order valence-electron chi connectivity index (χ2n) is 6.44. The van der Waals surface area contributed by atoms with Crippen LogP contribution >= 0.6 is 0 Å². The van der Waals surface area contributed by atoms with Crippen molar-refractivity contribution in [2.24, 2.45) is 17.8 Å². The van der Waals surface area contributed by atoms with Gasteiger partial charge in [0, 0.05) is 5.92 Å². The Kier molecular flexibility index (Phi) is 3.69. The van der Waals surface area contributed by atoms with Crippen LogP contribution in [0.25, 0.3) is 0 Å². The smallest absolute Gasteiger partial charge is 0.224 e. The highest BCUT2D eigenvalue weighted by molar-refractivity contribution is 5.80. The molecule has 4 rings (SSSR count). The summed E-state index contributed by atoms with van der Waals surface area (Å²) in [5.41, 5.74) is 1.08.